The fourth-order valence-corrected chi connectivity index (χ4v) is 4.06. The first-order valence-electron chi connectivity index (χ1n) is 9.17. The van der Waals surface area contributed by atoms with E-state index in [0.717, 1.165) is 53.8 Å². The number of nitrogens with one attached hydrogen (secondary N) is 1. The van der Waals surface area contributed by atoms with Crippen molar-refractivity contribution in [1.82, 2.24) is 9.38 Å². The van der Waals surface area contributed by atoms with Crippen LogP contribution in [0.15, 0.2) is 48.5 Å². The molecule has 5 heteroatoms. The van der Waals surface area contributed by atoms with Gasteiger partial charge in [0.1, 0.15) is 17.6 Å². The normalized spacial score (nSPS) is 13.4. The number of aromatic hydroxyl groups is 1. The summed E-state index contributed by atoms with van der Waals surface area (Å²) in [5.41, 5.74) is 6.47. The Balaban J connectivity index is 1.86. The summed E-state index contributed by atoms with van der Waals surface area (Å²) in [7, 11) is 0. The summed E-state index contributed by atoms with van der Waals surface area (Å²) in [6.07, 6.45) is 4.05. The van der Waals surface area contributed by atoms with Crippen molar-refractivity contribution in [3.63, 3.8) is 0 Å². The minimum atomic E-state index is 0.237. The van der Waals surface area contributed by atoms with E-state index in [-0.39, 0.29) is 5.75 Å². The summed E-state index contributed by atoms with van der Waals surface area (Å²) in [5.74, 6) is 1.21. The minimum Gasteiger partial charge on any atom is -0.508 e. The van der Waals surface area contributed by atoms with Gasteiger partial charge in [0.2, 0.25) is 0 Å². The number of hydrogen-bond acceptors (Lipinski definition) is 4. The van der Waals surface area contributed by atoms with Crippen LogP contribution in [0.1, 0.15) is 29.5 Å². The van der Waals surface area contributed by atoms with Crippen molar-refractivity contribution in [3.05, 3.63) is 65.2 Å². The minimum absolute atomic E-state index is 0.237. The molecule has 132 valence electrons. The molecule has 2 aromatic carbocycles. The van der Waals surface area contributed by atoms with Crippen molar-refractivity contribution >= 4 is 28.2 Å². The lowest BCUT2D eigenvalue weighted by Crippen LogP contribution is -2.13. The average molecular weight is 354 g/mol. The molecule has 0 fully saturated rings. The number of anilines is 2. The Morgan fingerprint density at radius 1 is 1.00 bits per heavy atom. The largest absolute Gasteiger partial charge is 0.508 e. The third kappa shape index (κ3) is 2.42. The summed E-state index contributed by atoms with van der Waals surface area (Å²) in [6, 6.07) is 17.4. The van der Waals surface area contributed by atoms with Crippen LogP contribution in [0.2, 0.25) is 0 Å². The molecule has 1 aliphatic carbocycles. The number of phenolic OH excluding ortho intramolecular Hbond substituents is 1. The summed E-state index contributed by atoms with van der Waals surface area (Å²) in [5, 5.41) is 23.0. The van der Waals surface area contributed by atoms with Crippen LogP contribution in [0.4, 0.5) is 11.5 Å². The lowest BCUT2D eigenvalue weighted by molar-refractivity contribution is 0.475. The summed E-state index contributed by atoms with van der Waals surface area (Å²) >= 11 is 0. The van der Waals surface area contributed by atoms with Crippen LogP contribution >= 0.6 is 0 Å². The van der Waals surface area contributed by atoms with E-state index in [1.807, 2.05) is 36.4 Å². The van der Waals surface area contributed by atoms with E-state index in [2.05, 4.69) is 15.8 Å². The highest BCUT2D eigenvalue weighted by molar-refractivity contribution is 5.87. The molecule has 27 heavy (non-hydrogen) atoms. The number of pyridine rings is 1. The Labute approximate surface area is 156 Å². The molecule has 0 radical (unpaired) electrons. The van der Waals surface area contributed by atoms with E-state index < -0.39 is 0 Å². The molecular formula is C22H18N4O. The molecule has 0 saturated carbocycles. The number of imidazole rings is 1. The molecule has 2 aromatic heterocycles. The van der Waals surface area contributed by atoms with E-state index in [1.165, 1.54) is 5.56 Å². The van der Waals surface area contributed by atoms with Crippen LogP contribution in [0.5, 0.6) is 5.75 Å². The molecule has 0 spiro atoms. The van der Waals surface area contributed by atoms with Gasteiger partial charge in [0.25, 0.3) is 0 Å². The Bertz CT molecular complexity index is 1220. The van der Waals surface area contributed by atoms with Crippen molar-refractivity contribution in [1.29, 1.82) is 5.26 Å². The van der Waals surface area contributed by atoms with Gasteiger partial charge in [0, 0.05) is 5.69 Å². The predicted molar refractivity (Wildman–Crippen MR) is 105 cm³/mol. The van der Waals surface area contributed by atoms with Crippen LogP contribution in [0.3, 0.4) is 0 Å². The van der Waals surface area contributed by atoms with Gasteiger partial charge in [-0.1, -0.05) is 12.1 Å². The molecule has 5 nitrogen and oxygen atoms in total. The van der Waals surface area contributed by atoms with E-state index in [1.54, 1.807) is 12.1 Å². The molecule has 0 amide bonds. The lowest BCUT2D eigenvalue weighted by atomic mass is 9.89. The Hall–Kier alpha value is -3.52. The van der Waals surface area contributed by atoms with Gasteiger partial charge in [-0.15, -0.1) is 0 Å². The Morgan fingerprint density at radius 3 is 2.52 bits per heavy atom. The van der Waals surface area contributed by atoms with Crippen molar-refractivity contribution in [3.8, 4) is 11.8 Å². The smallest absolute Gasteiger partial charge is 0.157 e. The molecule has 0 saturated heterocycles. The summed E-state index contributed by atoms with van der Waals surface area (Å²) < 4.78 is 2.07. The first-order chi connectivity index (χ1) is 13.3. The van der Waals surface area contributed by atoms with Crippen LogP contribution < -0.4 is 5.32 Å². The zero-order chi connectivity index (χ0) is 18.4. The fourth-order valence-electron chi connectivity index (χ4n) is 4.06. The molecule has 0 aliphatic heterocycles. The van der Waals surface area contributed by atoms with Crippen LogP contribution in [0, 0.1) is 11.3 Å². The quantitative estimate of drug-likeness (QED) is 0.512. The SMILES string of the molecule is N#Cc1c2c(c(Nc3ccc(O)cc3)n3c1nc1ccccc13)CCCC2. The van der Waals surface area contributed by atoms with Gasteiger partial charge in [-0.05, 0) is 73.2 Å². The van der Waals surface area contributed by atoms with Crippen molar-refractivity contribution < 1.29 is 5.11 Å². The zero-order valence-corrected chi connectivity index (χ0v) is 14.7. The number of phenols is 1. The number of hydrogen-bond donors (Lipinski definition) is 2. The number of fused-ring (bicyclic) bond motifs is 4. The molecule has 0 unspecified atom stereocenters. The maximum atomic E-state index is 9.88. The molecule has 1 aliphatic rings. The van der Waals surface area contributed by atoms with Gasteiger partial charge in [-0.2, -0.15) is 5.26 Å². The van der Waals surface area contributed by atoms with E-state index in [9.17, 15) is 10.4 Å². The highest BCUT2D eigenvalue weighted by Crippen LogP contribution is 2.36. The van der Waals surface area contributed by atoms with Crippen molar-refractivity contribution in [2.24, 2.45) is 0 Å². The highest BCUT2D eigenvalue weighted by Gasteiger charge is 2.24. The van der Waals surface area contributed by atoms with E-state index in [0.29, 0.717) is 11.2 Å². The molecule has 2 heterocycles. The number of benzene rings is 2. The van der Waals surface area contributed by atoms with Gasteiger partial charge in [-0.3, -0.25) is 4.40 Å². The number of nitriles is 1. The second-order valence-electron chi connectivity index (χ2n) is 6.93. The topological polar surface area (TPSA) is 73.3 Å². The van der Waals surface area contributed by atoms with E-state index in [4.69, 9.17) is 4.98 Å². The van der Waals surface area contributed by atoms with Gasteiger partial charge in [-0.25, -0.2) is 4.98 Å². The van der Waals surface area contributed by atoms with Gasteiger partial charge < -0.3 is 10.4 Å². The molecular weight excluding hydrogens is 336 g/mol. The fraction of sp³-hybridized carbons (Fsp3) is 0.182. The monoisotopic (exact) mass is 354 g/mol. The second-order valence-corrected chi connectivity index (χ2v) is 6.93. The molecule has 0 atom stereocenters. The summed E-state index contributed by atoms with van der Waals surface area (Å²) in [6.45, 7) is 0. The highest BCUT2D eigenvalue weighted by atomic mass is 16.3. The Kier molecular flexibility index (Phi) is 3.51. The first-order valence-corrected chi connectivity index (χ1v) is 9.17. The first kappa shape index (κ1) is 15.7. The predicted octanol–water partition coefficient (Wildman–Crippen LogP) is 4.69. The van der Waals surface area contributed by atoms with Crippen molar-refractivity contribution in [2.45, 2.75) is 25.7 Å². The van der Waals surface area contributed by atoms with Crippen molar-refractivity contribution in [2.75, 3.05) is 5.32 Å². The van der Waals surface area contributed by atoms with E-state index >= 15 is 0 Å². The number of rotatable bonds is 2. The number of aromatic nitrogens is 2. The zero-order valence-electron chi connectivity index (χ0n) is 14.7. The van der Waals surface area contributed by atoms with Gasteiger partial charge in [0.15, 0.2) is 5.65 Å². The average Bonchev–Trinajstić information content (AvgIpc) is 3.09. The van der Waals surface area contributed by atoms with Crippen LogP contribution in [-0.4, -0.2) is 14.5 Å². The standard InChI is InChI=1S/C22H18N4O/c23-13-18-16-5-1-2-6-17(16)21(24-14-9-11-15(27)12-10-14)26-20-8-4-3-7-19(20)25-22(18)26/h3-4,7-12,24,27H,1-2,5-6H2. The molecule has 5 rings (SSSR count). The maximum absolute atomic E-state index is 9.88. The maximum Gasteiger partial charge on any atom is 0.157 e. The number of para-hydroxylation sites is 2. The third-order valence-corrected chi connectivity index (χ3v) is 5.31. The lowest BCUT2D eigenvalue weighted by Gasteiger charge is -2.23. The molecule has 0 bridgehead atoms. The summed E-state index contributed by atoms with van der Waals surface area (Å²) in [4.78, 5) is 4.77. The molecule has 2 N–H and O–H groups in total. The second kappa shape index (κ2) is 6.03. The van der Waals surface area contributed by atoms with Gasteiger partial charge in [0.05, 0.1) is 16.6 Å². The van der Waals surface area contributed by atoms with Crippen LogP contribution in [0.25, 0.3) is 16.7 Å². The Morgan fingerprint density at radius 2 is 1.74 bits per heavy atom. The third-order valence-electron chi connectivity index (χ3n) is 5.31. The number of nitrogens with zero attached hydrogens (tertiary/aromatic N) is 3. The van der Waals surface area contributed by atoms with Gasteiger partial charge >= 0.3 is 0 Å². The molecule has 4 aromatic rings. The van der Waals surface area contributed by atoms with Crippen LogP contribution in [-0.2, 0) is 12.8 Å².